The van der Waals surface area contributed by atoms with Gasteiger partial charge in [0.15, 0.2) is 6.61 Å². The van der Waals surface area contributed by atoms with Crippen LogP contribution in [0.4, 0.5) is 4.39 Å². The minimum Gasteiger partial charge on any atom is -0.497 e. The van der Waals surface area contributed by atoms with Crippen LogP contribution < -0.4 is 14.8 Å². The molecule has 0 radical (unpaired) electrons. The molecule has 0 aliphatic rings. The van der Waals surface area contributed by atoms with Crippen molar-refractivity contribution in [1.82, 2.24) is 10.2 Å². The van der Waals surface area contributed by atoms with E-state index in [0.29, 0.717) is 30.0 Å². The number of nitrogens with one attached hydrogen (secondary N) is 1. The van der Waals surface area contributed by atoms with Crippen LogP contribution in [0.25, 0.3) is 0 Å². The van der Waals surface area contributed by atoms with E-state index in [-0.39, 0.29) is 30.8 Å². The van der Waals surface area contributed by atoms with Gasteiger partial charge in [0.2, 0.25) is 5.91 Å². The third kappa shape index (κ3) is 7.07. The predicted molar refractivity (Wildman–Crippen MR) is 128 cm³/mol. The second kappa shape index (κ2) is 12.4. The highest BCUT2D eigenvalue weighted by Gasteiger charge is 2.30. The van der Waals surface area contributed by atoms with E-state index in [2.05, 4.69) is 5.32 Å². The van der Waals surface area contributed by atoms with Crippen molar-refractivity contribution >= 4 is 11.8 Å². The number of hydrogen-bond donors (Lipinski definition) is 1. The van der Waals surface area contributed by atoms with Crippen LogP contribution >= 0.6 is 0 Å². The van der Waals surface area contributed by atoms with Crippen molar-refractivity contribution in [2.24, 2.45) is 0 Å². The zero-order valence-electron chi connectivity index (χ0n) is 19.4. The van der Waals surface area contributed by atoms with Gasteiger partial charge in [0.25, 0.3) is 5.91 Å². The van der Waals surface area contributed by atoms with Gasteiger partial charge in [0.05, 0.1) is 7.11 Å². The molecule has 178 valence electrons. The van der Waals surface area contributed by atoms with E-state index >= 15 is 0 Å². The topological polar surface area (TPSA) is 67.9 Å². The van der Waals surface area contributed by atoms with Crippen molar-refractivity contribution in [2.45, 2.75) is 25.9 Å². The average molecular weight is 465 g/mol. The SMILES string of the molecule is CCNC(=O)[C@@H](Cc1ccccc1)N(Cc1ccc(F)cc1)C(=O)COc1ccc(OC)cc1. The van der Waals surface area contributed by atoms with Gasteiger partial charge in [0, 0.05) is 19.5 Å². The summed E-state index contributed by atoms with van der Waals surface area (Å²) in [6.07, 6.45) is 0.335. The first-order valence-corrected chi connectivity index (χ1v) is 11.1. The summed E-state index contributed by atoms with van der Waals surface area (Å²) >= 11 is 0. The Morgan fingerprint density at radius 2 is 1.56 bits per heavy atom. The first-order chi connectivity index (χ1) is 16.5. The third-order valence-corrected chi connectivity index (χ3v) is 5.31. The minimum absolute atomic E-state index is 0.139. The number of halogens is 1. The maximum Gasteiger partial charge on any atom is 0.261 e. The zero-order valence-corrected chi connectivity index (χ0v) is 19.4. The van der Waals surface area contributed by atoms with E-state index in [0.717, 1.165) is 5.56 Å². The Hall–Kier alpha value is -3.87. The molecule has 0 heterocycles. The van der Waals surface area contributed by atoms with Crippen LogP contribution in [-0.2, 0) is 22.6 Å². The summed E-state index contributed by atoms with van der Waals surface area (Å²) in [4.78, 5) is 27.9. The Morgan fingerprint density at radius 3 is 2.18 bits per heavy atom. The Balaban J connectivity index is 1.85. The normalized spacial score (nSPS) is 11.4. The van der Waals surface area contributed by atoms with Crippen LogP contribution in [0.1, 0.15) is 18.1 Å². The van der Waals surface area contributed by atoms with E-state index in [1.54, 1.807) is 43.5 Å². The predicted octanol–water partition coefficient (Wildman–Crippen LogP) is 3.99. The smallest absolute Gasteiger partial charge is 0.261 e. The summed E-state index contributed by atoms with van der Waals surface area (Å²) in [5.74, 6) is 0.205. The maximum absolute atomic E-state index is 13.4. The van der Waals surface area contributed by atoms with Gasteiger partial charge in [-0.25, -0.2) is 4.39 Å². The quantitative estimate of drug-likeness (QED) is 0.466. The lowest BCUT2D eigenvalue weighted by atomic mass is 10.0. The fraction of sp³-hybridized carbons (Fsp3) is 0.259. The highest BCUT2D eigenvalue weighted by atomic mass is 19.1. The number of hydrogen-bond acceptors (Lipinski definition) is 4. The fourth-order valence-corrected chi connectivity index (χ4v) is 3.53. The zero-order chi connectivity index (χ0) is 24.3. The molecule has 2 amide bonds. The van der Waals surface area contributed by atoms with Crippen molar-refractivity contribution in [3.05, 3.63) is 95.8 Å². The number of ether oxygens (including phenoxy) is 2. The molecule has 0 aromatic heterocycles. The lowest BCUT2D eigenvalue weighted by molar-refractivity contribution is -0.142. The van der Waals surface area contributed by atoms with Gasteiger partial charge >= 0.3 is 0 Å². The summed E-state index contributed by atoms with van der Waals surface area (Å²) in [6.45, 7) is 2.15. The first-order valence-electron chi connectivity index (χ1n) is 11.1. The van der Waals surface area contributed by atoms with Gasteiger partial charge in [-0.3, -0.25) is 9.59 Å². The lowest BCUT2D eigenvalue weighted by Crippen LogP contribution is -2.51. The molecule has 3 aromatic carbocycles. The molecular weight excluding hydrogens is 435 g/mol. The molecule has 1 N–H and O–H groups in total. The molecule has 0 unspecified atom stereocenters. The maximum atomic E-state index is 13.4. The Labute approximate surface area is 199 Å². The van der Waals surface area contributed by atoms with Crippen LogP contribution in [0, 0.1) is 5.82 Å². The molecule has 0 aliphatic heterocycles. The van der Waals surface area contributed by atoms with Gasteiger partial charge in [0.1, 0.15) is 23.4 Å². The van der Waals surface area contributed by atoms with E-state index in [4.69, 9.17) is 9.47 Å². The number of carbonyl (C=O) groups excluding carboxylic acids is 2. The third-order valence-electron chi connectivity index (χ3n) is 5.31. The van der Waals surface area contributed by atoms with Crippen molar-refractivity contribution in [3.8, 4) is 11.5 Å². The van der Waals surface area contributed by atoms with E-state index < -0.39 is 6.04 Å². The molecule has 3 aromatic rings. The van der Waals surface area contributed by atoms with Crippen molar-refractivity contribution in [3.63, 3.8) is 0 Å². The highest BCUT2D eigenvalue weighted by Crippen LogP contribution is 2.19. The molecule has 0 fully saturated rings. The second-order valence-electron chi connectivity index (χ2n) is 7.71. The molecular formula is C27H29FN2O4. The van der Waals surface area contributed by atoms with Crippen LogP contribution in [0.5, 0.6) is 11.5 Å². The van der Waals surface area contributed by atoms with E-state index in [9.17, 15) is 14.0 Å². The summed E-state index contributed by atoms with van der Waals surface area (Å²) in [5.41, 5.74) is 1.63. The number of nitrogens with zero attached hydrogens (tertiary/aromatic N) is 1. The van der Waals surface area contributed by atoms with Crippen molar-refractivity contribution in [1.29, 1.82) is 0 Å². The molecule has 3 rings (SSSR count). The van der Waals surface area contributed by atoms with Crippen molar-refractivity contribution < 1.29 is 23.5 Å². The van der Waals surface area contributed by atoms with Gasteiger partial charge in [-0.15, -0.1) is 0 Å². The van der Waals surface area contributed by atoms with Crippen LogP contribution in [0.15, 0.2) is 78.9 Å². The first kappa shape index (κ1) is 24.8. The summed E-state index contributed by atoms with van der Waals surface area (Å²) in [5, 5.41) is 2.84. The molecule has 1 atom stereocenters. The average Bonchev–Trinajstić information content (AvgIpc) is 2.87. The van der Waals surface area contributed by atoms with Gasteiger partial charge < -0.3 is 19.7 Å². The van der Waals surface area contributed by atoms with Crippen LogP contribution in [-0.4, -0.2) is 43.0 Å². The molecule has 7 heteroatoms. The molecule has 0 saturated heterocycles. The van der Waals surface area contributed by atoms with E-state index in [1.165, 1.54) is 17.0 Å². The van der Waals surface area contributed by atoms with Gasteiger partial charge in [-0.2, -0.15) is 0 Å². The van der Waals surface area contributed by atoms with Crippen molar-refractivity contribution in [2.75, 3.05) is 20.3 Å². The summed E-state index contributed by atoms with van der Waals surface area (Å²) < 4.78 is 24.3. The summed E-state index contributed by atoms with van der Waals surface area (Å²) in [7, 11) is 1.57. The van der Waals surface area contributed by atoms with Crippen LogP contribution in [0.2, 0.25) is 0 Å². The molecule has 0 aliphatic carbocycles. The van der Waals surface area contributed by atoms with E-state index in [1.807, 2.05) is 37.3 Å². The number of methoxy groups -OCH3 is 1. The fourth-order valence-electron chi connectivity index (χ4n) is 3.53. The second-order valence-corrected chi connectivity index (χ2v) is 7.71. The molecule has 0 saturated carbocycles. The Kier molecular flexibility index (Phi) is 9.03. The number of carbonyl (C=O) groups is 2. The largest absolute Gasteiger partial charge is 0.497 e. The monoisotopic (exact) mass is 464 g/mol. The molecule has 0 spiro atoms. The van der Waals surface area contributed by atoms with Crippen LogP contribution in [0.3, 0.4) is 0 Å². The minimum atomic E-state index is -0.764. The number of likely N-dealkylation sites (N-methyl/N-ethyl adjacent to an activating group) is 1. The van der Waals surface area contributed by atoms with Gasteiger partial charge in [-0.05, 0) is 54.4 Å². The molecule has 34 heavy (non-hydrogen) atoms. The van der Waals surface area contributed by atoms with Gasteiger partial charge in [-0.1, -0.05) is 42.5 Å². The number of rotatable bonds is 11. The highest BCUT2D eigenvalue weighted by molar-refractivity contribution is 5.88. The lowest BCUT2D eigenvalue weighted by Gasteiger charge is -2.31. The number of amides is 2. The standard InChI is InChI=1S/C27H29FN2O4/c1-3-29-27(32)25(17-20-7-5-4-6-8-20)30(18-21-9-11-22(28)12-10-21)26(31)19-34-24-15-13-23(33-2)14-16-24/h4-16,25H,3,17-19H2,1-2H3,(H,29,32)/t25-/m1/s1. The molecule has 6 nitrogen and oxygen atoms in total. The Morgan fingerprint density at radius 1 is 0.912 bits per heavy atom. The Bertz CT molecular complexity index is 1060. The molecule has 0 bridgehead atoms. The summed E-state index contributed by atoms with van der Waals surface area (Å²) in [6, 6.07) is 21.5. The number of benzene rings is 3.